The van der Waals surface area contributed by atoms with E-state index in [0.29, 0.717) is 28.6 Å². The molecule has 0 atom stereocenters. The van der Waals surface area contributed by atoms with Crippen molar-refractivity contribution < 1.29 is 9.59 Å². The van der Waals surface area contributed by atoms with Crippen LogP contribution in [0.5, 0.6) is 0 Å². The Balaban J connectivity index is 1.55. The van der Waals surface area contributed by atoms with Crippen LogP contribution in [0.4, 0.5) is 5.69 Å². The molecule has 0 aromatic heterocycles. The molecule has 1 N–H and O–H groups in total. The molecular formula is C24H26N2O2S2. The molecule has 3 rings (SSSR count). The standard InChI is InChI=1S/C24H26N2O2S2/c1-24(2,3)18-13-11-17(12-14-18)16-20-22(28)26(23(29)30-20)15-7-10-21(27)25-19-8-5-4-6-9-19/h4-6,8-9,11-14,16H,7,10,15H2,1-3H3,(H,25,27)/b20-16-. The van der Waals surface area contributed by atoms with Crippen LogP contribution in [-0.4, -0.2) is 27.6 Å². The van der Waals surface area contributed by atoms with Crippen LogP contribution in [0.15, 0.2) is 59.5 Å². The van der Waals surface area contributed by atoms with Gasteiger partial charge in [0.25, 0.3) is 5.91 Å². The molecular weight excluding hydrogens is 412 g/mol. The fourth-order valence-corrected chi connectivity index (χ4v) is 4.37. The summed E-state index contributed by atoms with van der Waals surface area (Å²) in [6, 6.07) is 17.6. The van der Waals surface area contributed by atoms with Gasteiger partial charge >= 0.3 is 0 Å². The number of benzene rings is 2. The summed E-state index contributed by atoms with van der Waals surface area (Å²) >= 11 is 6.71. The Morgan fingerprint density at radius 3 is 2.40 bits per heavy atom. The van der Waals surface area contributed by atoms with Crippen molar-refractivity contribution in [1.82, 2.24) is 4.90 Å². The van der Waals surface area contributed by atoms with Crippen molar-refractivity contribution in [2.45, 2.75) is 39.0 Å². The first kappa shape index (κ1) is 22.2. The summed E-state index contributed by atoms with van der Waals surface area (Å²) in [6.45, 7) is 6.96. The second kappa shape index (κ2) is 9.58. The molecule has 6 heteroatoms. The third kappa shape index (κ3) is 5.80. The van der Waals surface area contributed by atoms with Gasteiger partial charge in [0.1, 0.15) is 4.32 Å². The lowest BCUT2D eigenvalue weighted by molar-refractivity contribution is -0.122. The molecule has 0 bridgehead atoms. The van der Waals surface area contributed by atoms with Crippen molar-refractivity contribution in [3.05, 3.63) is 70.6 Å². The van der Waals surface area contributed by atoms with Crippen LogP contribution in [0, 0.1) is 0 Å². The van der Waals surface area contributed by atoms with E-state index in [2.05, 4.69) is 38.2 Å². The maximum Gasteiger partial charge on any atom is 0.266 e. The first-order valence-electron chi connectivity index (χ1n) is 9.95. The number of hydrogen-bond acceptors (Lipinski definition) is 4. The molecule has 0 aliphatic carbocycles. The zero-order chi connectivity index (χ0) is 21.7. The monoisotopic (exact) mass is 438 g/mol. The summed E-state index contributed by atoms with van der Waals surface area (Å²) in [5, 5.41) is 2.85. The van der Waals surface area contributed by atoms with E-state index in [1.165, 1.54) is 17.3 Å². The average Bonchev–Trinajstić information content (AvgIpc) is 2.96. The molecule has 1 heterocycles. The Bertz CT molecular complexity index is 961. The Labute approximate surface area is 187 Å². The molecule has 0 radical (unpaired) electrons. The maximum absolute atomic E-state index is 12.8. The second-order valence-corrected chi connectivity index (χ2v) is 9.90. The first-order chi connectivity index (χ1) is 14.2. The van der Waals surface area contributed by atoms with E-state index in [-0.39, 0.29) is 17.2 Å². The smallest absolute Gasteiger partial charge is 0.266 e. The van der Waals surface area contributed by atoms with Gasteiger partial charge in [0, 0.05) is 18.7 Å². The number of carbonyl (C=O) groups excluding carboxylic acids is 2. The minimum absolute atomic E-state index is 0.0684. The highest BCUT2D eigenvalue weighted by Crippen LogP contribution is 2.33. The molecule has 4 nitrogen and oxygen atoms in total. The third-order valence-electron chi connectivity index (χ3n) is 4.79. The number of hydrogen-bond donors (Lipinski definition) is 1. The van der Waals surface area contributed by atoms with Gasteiger partial charge in [-0.1, -0.05) is 87.2 Å². The Hall–Kier alpha value is -2.44. The second-order valence-electron chi connectivity index (χ2n) is 8.22. The molecule has 1 saturated heterocycles. The number of nitrogens with zero attached hydrogens (tertiary/aromatic N) is 1. The number of carbonyl (C=O) groups is 2. The number of thiocarbonyl (C=S) groups is 1. The van der Waals surface area contributed by atoms with Crippen LogP contribution in [-0.2, 0) is 15.0 Å². The van der Waals surface area contributed by atoms with Gasteiger partial charge in [-0.15, -0.1) is 0 Å². The van der Waals surface area contributed by atoms with E-state index in [9.17, 15) is 9.59 Å². The van der Waals surface area contributed by atoms with Crippen LogP contribution in [0.2, 0.25) is 0 Å². The number of para-hydroxylation sites is 1. The highest BCUT2D eigenvalue weighted by molar-refractivity contribution is 8.26. The topological polar surface area (TPSA) is 49.4 Å². The quantitative estimate of drug-likeness (QED) is 0.471. The molecule has 30 heavy (non-hydrogen) atoms. The van der Waals surface area contributed by atoms with Crippen molar-refractivity contribution in [3.63, 3.8) is 0 Å². The average molecular weight is 439 g/mol. The van der Waals surface area contributed by atoms with E-state index >= 15 is 0 Å². The molecule has 0 saturated carbocycles. The number of nitrogens with one attached hydrogen (secondary N) is 1. The molecule has 2 amide bonds. The summed E-state index contributed by atoms with van der Waals surface area (Å²) in [4.78, 5) is 27.1. The molecule has 0 unspecified atom stereocenters. The predicted molar refractivity (Wildman–Crippen MR) is 129 cm³/mol. The first-order valence-corrected chi connectivity index (χ1v) is 11.2. The normalized spacial score (nSPS) is 15.7. The number of rotatable bonds is 6. The maximum atomic E-state index is 12.8. The summed E-state index contributed by atoms with van der Waals surface area (Å²) in [5.41, 5.74) is 3.09. The summed E-state index contributed by atoms with van der Waals surface area (Å²) in [7, 11) is 0. The number of anilines is 1. The Kier molecular flexibility index (Phi) is 7.10. The number of thioether (sulfide) groups is 1. The van der Waals surface area contributed by atoms with Crippen molar-refractivity contribution in [3.8, 4) is 0 Å². The van der Waals surface area contributed by atoms with Crippen LogP contribution in [0.1, 0.15) is 44.7 Å². The van der Waals surface area contributed by atoms with Crippen LogP contribution >= 0.6 is 24.0 Å². The minimum Gasteiger partial charge on any atom is -0.326 e. The number of amides is 2. The van der Waals surface area contributed by atoms with Crippen molar-refractivity contribution >= 4 is 51.9 Å². The SMILES string of the molecule is CC(C)(C)c1ccc(/C=C2\SC(=S)N(CCCC(=O)Nc3ccccc3)C2=O)cc1. The van der Waals surface area contributed by atoms with Crippen LogP contribution in [0.3, 0.4) is 0 Å². The molecule has 156 valence electrons. The van der Waals surface area contributed by atoms with Crippen LogP contribution in [0.25, 0.3) is 6.08 Å². The summed E-state index contributed by atoms with van der Waals surface area (Å²) in [6.07, 6.45) is 2.77. The highest BCUT2D eigenvalue weighted by Gasteiger charge is 2.31. The van der Waals surface area contributed by atoms with Gasteiger partial charge in [-0.25, -0.2) is 0 Å². The van der Waals surface area contributed by atoms with Crippen LogP contribution < -0.4 is 5.32 Å². The minimum atomic E-state index is -0.0895. The predicted octanol–water partition coefficient (Wildman–Crippen LogP) is 5.60. The van der Waals surface area contributed by atoms with Gasteiger partial charge in [-0.2, -0.15) is 0 Å². The summed E-state index contributed by atoms with van der Waals surface area (Å²) < 4.78 is 0.543. The largest absolute Gasteiger partial charge is 0.326 e. The van der Waals surface area contributed by atoms with Crippen molar-refractivity contribution in [2.75, 3.05) is 11.9 Å². The van der Waals surface area contributed by atoms with Gasteiger partial charge in [-0.3, -0.25) is 14.5 Å². The highest BCUT2D eigenvalue weighted by atomic mass is 32.2. The summed E-state index contributed by atoms with van der Waals surface area (Å²) in [5.74, 6) is -0.158. The van der Waals surface area contributed by atoms with Gasteiger partial charge in [0.05, 0.1) is 4.91 Å². The van der Waals surface area contributed by atoms with Crippen molar-refractivity contribution in [1.29, 1.82) is 0 Å². The lowest BCUT2D eigenvalue weighted by Crippen LogP contribution is -2.29. The van der Waals surface area contributed by atoms with Crippen molar-refractivity contribution in [2.24, 2.45) is 0 Å². The molecule has 2 aromatic carbocycles. The van der Waals surface area contributed by atoms with E-state index in [1.807, 2.05) is 48.5 Å². The molecule has 1 aliphatic rings. The van der Waals surface area contributed by atoms with E-state index in [4.69, 9.17) is 12.2 Å². The molecule has 2 aromatic rings. The third-order valence-corrected chi connectivity index (χ3v) is 6.17. The van der Waals surface area contributed by atoms with Gasteiger partial charge in [0.2, 0.25) is 5.91 Å². The van der Waals surface area contributed by atoms with E-state index in [1.54, 1.807) is 4.90 Å². The fraction of sp³-hybridized carbons (Fsp3) is 0.292. The molecule has 1 aliphatic heterocycles. The fourth-order valence-electron chi connectivity index (χ4n) is 3.07. The lowest BCUT2D eigenvalue weighted by Gasteiger charge is -2.18. The molecule has 0 spiro atoms. The van der Waals surface area contributed by atoms with Gasteiger partial charge in [0.15, 0.2) is 0 Å². The Morgan fingerprint density at radius 2 is 1.77 bits per heavy atom. The zero-order valence-corrected chi connectivity index (χ0v) is 19.1. The van der Waals surface area contributed by atoms with E-state index < -0.39 is 0 Å². The molecule has 1 fully saturated rings. The van der Waals surface area contributed by atoms with Gasteiger partial charge < -0.3 is 5.32 Å². The van der Waals surface area contributed by atoms with Gasteiger partial charge in [-0.05, 0) is 41.2 Å². The zero-order valence-electron chi connectivity index (χ0n) is 17.5. The Morgan fingerprint density at radius 1 is 1.10 bits per heavy atom. The van der Waals surface area contributed by atoms with E-state index in [0.717, 1.165) is 11.3 Å². The lowest BCUT2D eigenvalue weighted by atomic mass is 9.87.